The molecule has 0 bridgehead atoms. The minimum absolute atomic E-state index is 0.116. The van der Waals surface area contributed by atoms with Crippen LogP contribution in [0.4, 0.5) is 0 Å². The van der Waals surface area contributed by atoms with E-state index in [1.165, 1.54) is 0 Å². The highest BCUT2D eigenvalue weighted by atomic mass is 16.5. The van der Waals surface area contributed by atoms with Crippen molar-refractivity contribution in [3.8, 4) is 0 Å². The predicted octanol–water partition coefficient (Wildman–Crippen LogP) is 4.40. The molecule has 0 aromatic carbocycles. The summed E-state index contributed by atoms with van der Waals surface area (Å²) in [6, 6.07) is 0. The summed E-state index contributed by atoms with van der Waals surface area (Å²) in [5, 5.41) is 0. The van der Waals surface area contributed by atoms with Crippen molar-refractivity contribution < 1.29 is 14.3 Å². The summed E-state index contributed by atoms with van der Waals surface area (Å²) in [7, 11) is 1.61. The van der Waals surface area contributed by atoms with E-state index in [0.29, 0.717) is 37.5 Å². The Hall–Kier alpha value is -2.10. The number of carbonyl (C=O) groups excluding carboxylic acids is 1. The van der Waals surface area contributed by atoms with Crippen LogP contribution < -0.4 is 0 Å². The molecule has 0 aromatic heterocycles. The molecule has 0 unspecified atom stereocenters. The van der Waals surface area contributed by atoms with E-state index < -0.39 is 5.41 Å². The van der Waals surface area contributed by atoms with Crippen molar-refractivity contribution in [2.24, 2.45) is 16.3 Å². The largest absolute Gasteiger partial charge is 0.500 e. The average Bonchev–Trinajstić information content (AvgIpc) is 2.94. The highest BCUT2D eigenvalue weighted by molar-refractivity contribution is 5.99. The molecule has 0 aromatic rings. The standard InChI is InChI=1S/C21H29NO3/c1-7-9-11-17(23)21(5)16(10-8-2)15(12-13-18(21)24-6)19-22-20(3,4)14-25-19/h7-8,12-13,16H,1-2,9-11,14H2,3-6H3/t16-,21+/m1/s1. The minimum atomic E-state index is -0.769. The normalized spacial score (nSPS) is 27.5. The van der Waals surface area contributed by atoms with Gasteiger partial charge in [0.25, 0.3) is 0 Å². The zero-order chi connectivity index (χ0) is 18.7. The zero-order valence-electron chi connectivity index (χ0n) is 15.8. The van der Waals surface area contributed by atoms with Gasteiger partial charge < -0.3 is 9.47 Å². The lowest BCUT2D eigenvalue weighted by molar-refractivity contribution is -0.130. The summed E-state index contributed by atoms with van der Waals surface area (Å²) >= 11 is 0. The summed E-state index contributed by atoms with van der Waals surface area (Å²) in [4.78, 5) is 17.8. The van der Waals surface area contributed by atoms with E-state index >= 15 is 0 Å². The van der Waals surface area contributed by atoms with Crippen LogP contribution in [0, 0.1) is 11.3 Å². The molecule has 0 spiro atoms. The third kappa shape index (κ3) is 3.63. The van der Waals surface area contributed by atoms with Crippen molar-refractivity contribution in [3.05, 3.63) is 48.8 Å². The van der Waals surface area contributed by atoms with Crippen molar-refractivity contribution in [1.82, 2.24) is 0 Å². The summed E-state index contributed by atoms with van der Waals surface area (Å²) in [6.07, 6.45) is 9.18. The number of hydrogen-bond acceptors (Lipinski definition) is 4. The summed E-state index contributed by atoms with van der Waals surface area (Å²) in [5.41, 5.74) is -0.0707. The first-order chi connectivity index (χ1) is 11.8. The first-order valence-corrected chi connectivity index (χ1v) is 8.74. The van der Waals surface area contributed by atoms with Crippen LogP contribution in [0.2, 0.25) is 0 Å². The first-order valence-electron chi connectivity index (χ1n) is 8.74. The summed E-state index contributed by atoms with van der Waals surface area (Å²) in [6.45, 7) is 14.2. The topological polar surface area (TPSA) is 47.9 Å². The number of methoxy groups -OCH3 is 1. The fourth-order valence-electron chi connectivity index (χ4n) is 3.52. The molecule has 4 nitrogen and oxygen atoms in total. The van der Waals surface area contributed by atoms with Crippen LogP contribution in [0.25, 0.3) is 0 Å². The van der Waals surface area contributed by atoms with Gasteiger partial charge in [-0.2, -0.15) is 0 Å². The molecule has 1 aliphatic carbocycles. The fourth-order valence-corrected chi connectivity index (χ4v) is 3.52. The van der Waals surface area contributed by atoms with Crippen LogP contribution in [0.1, 0.15) is 40.0 Å². The lowest BCUT2D eigenvalue weighted by atomic mass is 9.64. The molecule has 0 radical (unpaired) electrons. The summed E-state index contributed by atoms with van der Waals surface area (Å²) in [5.74, 6) is 1.33. The van der Waals surface area contributed by atoms with Gasteiger partial charge in [0.1, 0.15) is 18.1 Å². The van der Waals surface area contributed by atoms with Crippen LogP contribution in [0.3, 0.4) is 0 Å². The Labute approximate surface area is 151 Å². The first kappa shape index (κ1) is 19.2. The molecule has 0 fully saturated rings. The SMILES string of the molecule is C=CCCC(=O)[C@@]1(C)C(OC)=CC=C(C2=NC(C)(C)CO2)[C@H]1CC=C. The fraction of sp³-hybridized carbons (Fsp3) is 0.524. The van der Waals surface area contributed by atoms with E-state index in [9.17, 15) is 4.79 Å². The van der Waals surface area contributed by atoms with E-state index in [1.807, 2.05) is 39.0 Å². The molecule has 4 heteroatoms. The van der Waals surface area contributed by atoms with Gasteiger partial charge in [-0.1, -0.05) is 12.2 Å². The molecule has 0 amide bonds. The van der Waals surface area contributed by atoms with Crippen LogP contribution in [-0.2, 0) is 14.3 Å². The van der Waals surface area contributed by atoms with E-state index in [4.69, 9.17) is 14.5 Å². The van der Waals surface area contributed by atoms with Crippen LogP contribution in [-0.4, -0.2) is 30.9 Å². The maximum absolute atomic E-state index is 13.1. The highest BCUT2D eigenvalue weighted by Crippen LogP contribution is 2.47. The lowest BCUT2D eigenvalue weighted by Crippen LogP contribution is -2.42. The van der Waals surface area contributed by atoms with Gasteiger partial charge in [0.05, 0.1) is 18.1 Å². The molecular weight excluding hydrogens is 314 g/mol. The molecule has 1 heterocycles. The molecule has 136 valence electrons. The molecule has 2 atom stereocenters. The Kier molecular flexibility index (Phi) is 5.71. The van der Waals surface area contributed by atoms with E-state index in [2.05, 4.69) is 13.2 Å². The number of allylic oxidation sites excluding steroid dienone is 5. The Bertz CT molecular complexity index is 654. The van der Waals surface area contributed by atoms with Crippen LogP contribution in [0.5, 0.6) is 0 Å². The van der Waals surface area contributed by atoms with Crippen molar-refractivity contribution in [2.45, 2.75) is 45.6 Å². The Morgan fingerprint density at radius 2 is 2.08 bits per heavy atom. The van der Waals surface area contributed by atoms with Gasteiger partial charge in [0.2, 0.25) is 5.90 Å². The van der Waals surface area contributed by atoms with Crippen molar-refractivity contribution in [3.63, 3.8) is 0 Å². The third-order valence-electron chi connectivity index (χ3n) is 4.99. The van der Waals surface area contributed by atoms with Gasteiger partial charge in [-0.3, -0.25) is 4.79 Å². The second-order valence-electron chi connectivity index (χ2n) is 7.40. The number of hydrogen-bond donors (Lipinski definition) is 0. The highest BCUT2D eigenvalue weighted by Gasteiger charge is 2.49. The third-order valence-corrected chi connectivity index (χ3v) is 4.99. The second-order valence-corrected chi connectivity index (χ2v) is 7.40. The van der Waals surface area contributed by atoms with E-state index in [-0.39, 0.29) is 17.2 Å². The lowest BCUT2D eigenvalue weighted by Gasteiger charge is -2.40. The van der Waals surface area contributed by atoms with Gasteiger partial charge >= 0.3 is 0 Å². The van der Waals surface area contributed by atoms with Crippen molar-refractivity contribution in [2.75, 3.05) is 13.7 Å². The number of carbonyl (C=O) groups is 1. The predicted molar refractivity (Wildman–Crippen MR) is 101 cm³/mol. The number of aliphatic imine (C=N–C) groups is 1. The molecule has 2 rings (SSSR count). The molecule has 0 saturated heterocycles. The van der Waals surface area contributed by atoms with E-state index in [1.54, 1.807) is 13.2 Å². The monoisotopic (exact) mass is 343 g/mol. The molecule has 0 saturated carbocycles. The van der Waals surface area contributed by atoms with Gasteiger partial charge in [-0.05, 0) is 45.8 Å². The molecule has 2 aliphatic rings. The Morgan fingerprint density at radius 3 is 2.60 bits per heavy atom. The Balaban J connectivity index is 2.49. The second kappa shape index (κ2) is 7.42. The molecule has 25 heavy (non-hydrogen) atoms. The quantitative estimate of drug-likeness (QED) is 0.614. The van der Waals surface area contributed by atoms with Crippen molar-refractivity contribution >= 4 is 11.7 Å². The van der Waals surface area contributed by atoms with Gasteiger partial charge in [0.15, 0.2) is 0 Å². The minimum Gasteiger partial charge on any atom is -0.500 e. The molecular formula is C21H29NO3. The van der Waals surface area contributed by atoms with Crippen molar-refractivity contribution in [1.29, 1.82) is 0 Å². The summed E-state index contributed by atoms with van der Waals surface area (Å²) < 4.78 is 11.4. The maximum Gasteiger partial charge on any atom is 0.212 e. The van der Waals surface area contributed by atoms with Crippen LogP contribution in [0.15, 0.2) is 53.8 Å². The average molecular weight is 343 g/mol. The van der Waals surface area contributed by atoms with E-state index in [0.717, 1.165) is 5.57 Å². The number of Topliss-reactive ketones (excluding diaryl/α,β-unsaturated/α-hetero) is 1. The van der Waals surface area contributed by atoms with Gasteiger partial charge in [-0.15, -0.1) is 13.2 Å². The molecule has 1 aliphatic heterocycles. The maximum atomic E-state index is 13.1. The number of ketones is 1. The smallest absolute Gasteiger partial charge is 0.212 e. The Morgan fingerprint density at radius 1 is 1.36 bits per heavy atom. The zero-order valence-corrected chi connectivity index (χ0v) is 15.8. The van der Waals surface area contributed by atoms with Gasteiger partial charge in [0, 0.05) is 17.9 Å². The molecule has 0 N–H and O–H groups in total. The number of ether oxygens (including phenoxy) is 2. The van der Waals surface area contributed by atoms with Gasteiger partial charge in [-0.25, -0.2) is 4.99 Å². The van der Waals surface area contributed by atoms with Crippen LogP contribution >= 0.6 is 0 Å². The number of rotatable bonds is 8. The number of nitrogens with zero attached hydrogens (tertiary/aromatic N) is 1.